The van der Waals surface area contributed by atoms with Gasteiger partial charge in [0.05, 0.1) is 0 Å². The summed E-state index contributed by atoms with van der Waals surface area (Å²) in [7, 11) is 0. The van der Waals surface area contributed by atoms with Crippen LogP contribution in [0.15, 0.2) is 60.7 Å². The fourth-order valence-electron chi connectivity index (χ4n) is 1.43. The molecule has 1 N–H and O–H groups in total. The van der Waals surface area contributed by atoms with E-state index in [2.05, 4.69) is 90.1 Å². The normalized spacial score (nSPS) is 6.90. The molecule has 2 heteroatoms. The Labute approximate surface area is 191 Å². The molecule has 30 heavy (non-hydrogen) atoms. The van der Waals surface area contributed by atoms with Crippen molar-refractivity contribution in [2.45, 2.75) is 104 Å². The van der Waals surface area contributed by atoms with E-state index in [1.807, 2.05) is 12.1 Å². The summed E-state index contributed by atoms with van der Waals surface area (Å²) in [5.74, 6) is -0.833. The maximum Gasteiger partial charge on any atom is 0.300 e. The minimum Gasteiger partial charge on any atom is -0.481 e. The van der Waals surface area contributed by atoms with Crippen LogP contribution in [-0.2, 0) is 17.6 Å². The van der Waals surface area contributed by atoms with E-state index >= 15 is 0 Å². The van der Waals surface area contributed by atoms with Gasteiger partial charge in [0, 0.05) is 6.92 Å². The third-order valence-electron chi connectivity index (χ3n) is 2.50. The van der Waals surface area contributed by atoms with Crippen molar-refractivity contribution < 1.29 is 9.90 Å². The third kappa shape index (κ3) is 50.1. The Hall–Kier alpha value is -2.09. The predicted octanol–water partition coefficient (Wildman–Crippen LogP) is 9.97. The molecule has 0 bridgehead atoms. The average Bonchev–Trinajstić information content (AvgIpc) is 2.64. The van der Waals surface area contributed by atoms with Crippen molar-refractivity contribution in [2.75, 3.05) is 0 Å². The van der Waals surface area contributed by atoms with Crippen molar-refractivity contribution in [3.05, 3.63) is 71.8 Å². The van der Waals surface area contributed by atoms with E-state index in [0.717, 1.165) is 19.8 Å². The summed E-state index contributed by atoms with van der Waals surface area (Å²) in [6.07, 6.45) is 4.78. The van der Waals surface area contributed by atoms with Crippen LogP contribution in [0, 0.1) is 0 Å². The molecule has 0 fully saturated rings. The van der Waals surface area contributed by atoms with Crippen LogP contribution >= 0.6 is 0 Å². The number of carboxylic acid groups (broad SMARTS) is 1. The summed E-state index contributed by atoms with van der Waals surface area (Å²) >= 11 is 0. The monoisotopic (exact) mass is 424 g/mol. The van der Waals surface area contributed by atoms with Gasteiger partial charge in [0.25, 0.3) is 5.97 Å². The maximum absolute atomic E-state index is 9.00. The first-order valence-corrected chi connectivity index (χ1v) is 9.70. The lowest BCUT2D eigenvalue weighted by molar-refractivity contribution is -0.134. The predicted molar refractivity (Wildman–Crippen MR) is 144 cm³/mol. The molecule has 0 spiro atoms. The van der Waals surface area contributed by atoms with Crippen LogP contribution in [0.25, 0.3) is 0 Å². The van der Waals surface area contributed by atoms with Crippen molar-refractivity contribution >= 4 is 5.97 Å². The molecule has 2 rings (SSSR count). The van der Waals surface area contributed by atoms with Crippen molar-refractivity contribution in [3.8, 4) is 0 Å². The minimum absolute atomic E-state index is 0. The first kappa shape index (κ1) is 46.2. The highest BCUT2D eigenvalue weighted by Crippen LogP contribution is 1.97. The van der Waals surface area contributed by atoms with Gasteiger partial charge in [-0.1, -0.05) is 145 Å². The van der Waals surface area contributed by atoms with Crippen molar-refractivity contribution in [1.29, 1.82) is 0 Å². The van der Waals surface area contributed by atoms with Gasteiger partial charge in [-0.05, 0) is 24.0 Å². The maximum atomic E-state index is 9.00. The molecule has 0 heterocycles. The van der Waals surface area contributed by atoms with E-state index in [1.54, 1.807) is 0 Å². The zero-order valence-corrected chi connectivity index (χ0v) is 18.0. The molecule has 0 amide bonds. The first-order valence-electron chi connectivity index (χ1n) is 9.70. The number of aryl methyl sites for hydroxylation is 2. The molecule has 0 aromatic heterocycles. The number of aliphatic carboxylic acids is 1. The Kier molecular flexibility index (Phi) is 63.7. The van der Waals surface area contributed by atoms with Crippen LogP contribution < -0.4 is 0 Å². The summed E-state index contributed by atoms with van der Waals surface area (Å²) in [6.45, 7) is 13.9. The van der Waals surface area contributed by atoms with Crippen molar-refractivity contribution in [1.82, 2.24) is 0 Å². The zero-order valence-electron chi connectivity index (χ0n) is 18.0. The minimum atomic E-state index is -0.833. The summed E-state index contributed by atoms with van der Waals surface area (Å²) in [4.78, 5) is 9.00. The second kappa shape index (κ2) is 41.3. The van der Waals surface area contributed by atoms with Crippen LogP contribution in [0.4, 0.5) is 0 Å². The van der Waals surface area contributed by atoms with Crippen LogP contribution in [0.5, 0.6) is 0 Å². The number of carbonyl (C=O) groups is 1. The third-order valence-corrected chi connectivity index (χ3v) is 2.50. The molecule has 0 saturated carbocycles. The van der Waals surface area contributed by atoms with Crippen LogP contribution in [-0.4, -0.2) is 11.1 Å². The molecule has 2 aromatic rings. The zero-order chi connectivity index (χ0) is 20.6. The van der Waals surface area contributed by atoms with Crippen molar-refractivity contribution in [3.63, 3.8) is 0 Å². The smallest absolute Gasteiger partial charge is 0.300 e. The molecular weight excluding hydrogens is 368 g/mol. The van der Waals surface area contributed by atoms with E-state index < -0.39 is 5.97 Å². The van der Waals surface area contributed by atoms with Crippen molar-refractivity contribution in [2.24, 2.45) is 0 Å². The fraction of sp³-hybridized carbons (Fsp3) is 0.536. The Morgan fingerprint density at radius 2 is 0.767 bits per heavy atom. The molecule has 0 saturated heterocycles. The van der Waals surface area contributed by atoms with Crippen LogP contribution in [0.1, 0.15) is 102 Å². The molecule has 0 unspecified atom stereocenters. The molecule has 0 aliphatic heterocycles. The Morgan fingerprint density at radius 1 is 0.600 bits per heavy atom. The lowest BCUT2D eigenvalue weighted by Gasteiger charge is -1.89. The van der Waals surface area contributed by atoms with E-state index in [4.69, 9.17) is 9.90 Å². The Bertz CT molecular complexity index is 433. The fourth-order valence-corrected chi connectivity index (χ4v) is 1.43. The molecule has 0 atom stereocenters. The summed E-state index contributed by atoms with van der Waals surface area (Å²) < 4.78 is 0. The van der Waals surface area contributed by atoms with Gasteiger partial charge in [-0.15, -0.1) is 0 Å². The standard InChI is InChI=1S/2C8H10.2C3H8.C2H4O2.4CH4/c2*1-2-8-6-4-3-5-7-8;2*1-3-2;1-2(3)4;;;;/h2*3-7H,2H2,1H3;2*3H2,1-2H3;1H3,(H,3,4);4*1H4. The highest BCUT2D eigenvalue weighted by Gasteiger charge is 1.80. The number of rotatable bonds is 2. The van der Waals surface area contributed by atoms with Crippen LogP contribution in [0.2, 0.25) is 0 Å². The topological polar surface area (TPSA) is 37.3 Å². The average molecular weight is 425 g/mol. The first-order chi connectivity index (χ1) is 12.4. The molecule has 2 nitrogen and oxygen atoms in total. The number of hydrogen-bond acceptors (Lipinski definition) is 1. The number of carboxylic acids is 1. The molecule has 180 valence electrons. The van der Waals surface area contributed by atoms with Gasteiger partial charge >= 0.3 is 0 Å². The molecule has 2 aromatic carbocycles. The van der Waals surface area contributed by atoms with E-state index in [-0.39, 0.29) is 29.7 Å². The Morgan fingerprint density at radius 3 is 0.867 bits per heavy atom. The SMILES string of the molecule is C.C.C.C.CC(=O)O.CCC.CCC.CCc1ccccc1.CCc1ccccc1. The molecule has 0 aliphatic rings. The second-order valence-electron chi connectivity index (χ2n) is 5.61. The van der Waals surface area contributed by atoms with E-state index in [0.29, 0.717) is 0 Å². The lowest BCUT2D eigenvalue weighted by atomic mass is 10.2. The largest absolute Gasteiger partial charge is 0.481 e. The summed E-state index contributed by atoms with van der Waals surface area (Å²) in [5.41, 5.74) is 2.82. The quantitative estimate of drug-likeness (QED) is 0.520. The molecule has 0 aliphatic carbocycles. The summed E-state index contributed by atoms with van der Waals surface area (Å²) in [6, 6.07) is 20.9. The van der Waals surface area contributed by atoms with Gasteiger partial charge in [0.2, 0.25) is 0 Å². The Balaban J connectivity index is -0.0000000456. The summed E-state index contributed by atoms with van der Waals surface area (Å²) in [5, 5.41) is 7.42. The van der Waals surface area contributed by atoms with Gasteiger partial charge in [-0.2, -0.15) is 0 Å². The highest BCUT2D eigenvalue weighted by atomic mass is 16.4. The lowest BCUT2D eigenvalue weighted by Crippen LogP contribution is -1.78. The van der Waals surface area contributed by atoms with Gasteiger partial charge in [0.1, 0.15) is 0 Å². The molecule has 0 radical (unpaired) electrons. The number of hydrogen-bond donors (Lipinski definition) is 1. The van der Waals surface area contributed by atoms with E-state index in [1.165, 1.54) is 24.0 Å². The number of benzene rings is 2. The van der Waals surface area contributed by atoms with Gasteiger partial charge in [-0.3, -0.25) is 4.79 Å². The second-order valence-corrected chi connectivity index (χ2v) is 5.61. The molecular formula is C28H56O2. The van der Waals surface area contributed by atoms with E-state index in [9.17, 15) is 0 Å². The van der Waals surface area contributed by atoms with Crippen LogP contribution in [0.3, 0.4) is 0 Å². The van der Waals surface area contributed by atoms with Gasteiger partial charge in [0.15, 0.2) is 0 Å². The van der Waals surface area contributed by atoms with Gasteiger partial charge < -0.3 is 5.11 Å². The van der Waals surface area contributed by atoms with Gasteiger partial charge in [-0.25, -0.2) is 0 Å². The highest BCUT2D eigenvalue weighted by molar-refractivity contribution is 5.62.